The maximum atomic E-state index is 10.9. The Hall–Kier alpha value is -1.88. The zero-order chi connectivity index (χ0) is 12.1. The molecule has 0 spiro atoms. The van der Waals surface area contributed by atoms with Gasteiger partial charge in [-0.05, 0) is 17.5 Å². The van der Waals surface area contributed by atoms with Gasteiger partial charge in [0.2, 0.25) is 0 Å². The van der Waals surface area contributed by atoms with E-state index in [0.717, 1.165) is 6.42 Å². The minimum absolute atomic E-state index is 0.145. The Kier molecular flexibility index (Phi) is 3.72. The highest BCUT2D eigenvalue weighted by Gasteiger charge is 2.10. The lowest BCUT2D eigenvalue weighted by Gasteiger charge is -2.07. The van der Waals surface area contributed by atoms with Gasteiger partial charge in [0.05, 0.1) is 12.8 Å². The first-order valence-electron chi connectivity index (χ1n) is 5.10. The molecule has 2 rings (SSSR count). The first-order valence-corrected chi connectivity index (χ1v) is 5.98. The fourth-order valence-electron chi connectivity index (χ4n) is 1.39. The predicted octanol–water partition coefficient (Wildman–Crippen LogP) is 2.46. The molecule has 2 aromatic rings. The standard InChI is InChI=1S/C12H11NO3S/c14-12(15)10-3-5-13-8-11(10)16-6-4-9-2-1-7-17-9/h1-3,5,7-8H,4,6H2,(H,14,15). The molecule has 0 fully saturated rings. The molecule has 5 heteroatoms. The number of carboxylic acids is 1. The second-order valence-corrected chi connectivity index (χ2v) is 4.39. The summed E-state index contributed by atoms with van der Waals surface area (Å²) in [5, 5.41) is 10.9. The van der Waals surface area contributed by atoms with Crippen LogP contribution < -0.4 is 4.74 Å². The molecule has 0 bridgehead atoms. The van der Waals surface area contributed by atoms with E-state index in [1.54, 1.807) is 11.3 Å². The van der Waals surface area contributed by atoms with Gasteiger partial charge in [-0.25, -0.2) is 4.79 Å². The van der Waals surface area contributed by atoms with E-state index < -0.39 is 5.97 Å². The predicted molar refractivity (Wildman–Crippen MR) is 64.7 cm³/mol. The average Bonchev–Trinajstić information content (AvgIpc) is 2.82. The summed E-state index contributed by atoms with van der Waals surface area (Å²) in [6, 6.07) is 5.44. The third-order valence-electron chi connectivity index (χ3n) is 2.20. The van der Waals surface area contributed by atoms with E-state index >= 15 is 0 Å². The third kappa shape index (κ3) is 3.04. The largest absolute Gasteiger partial charge is 0.491 e. The van der Waals surface area contributed by atoms with Crippen molar-refractivity contribution in [3.8, 4) is 5.75 Å². The Labute approximate surface area is 103 Å². The lowest BCUT2D eigenvalue weighted by Crippen LogP contribution is -2.06. The lowest BCUT2D eigenvalue weighted by molar-refractivity contribution is 0.0692. The summed E-state index contributed by atoms with van der Waals surface area (Å²) in [6.45, 7) is 0.451. The number of aromatic carboxylic acids is 1. The molecular formula is C12H11NO3S. The van der Waals surface area contributed by atoms with Crippen LogP contribution in [0.25, 0.3) is 0 Å². The molecule has 0 atom stereocenters. The van der Waals surface area contributed by atoms with Crippen molar-refractivity contribution in [2.24, 2.45) is 0 Å². The molecule has 0 aromatic carbocycles. The van der Waals surface area contributed by atoms with Crippen LogP contribution in [0.5, 0.6) is 5.75 Å². The van der Waals surface area contributed by atoms with Gasteiger partial charge in [0.1, 0.15) is 5.56 Å². The van der Waals surface area contributed by atoms with Gasteiger partial charge in [-0.2, -0.15) is 0 Å². The van der Waals surface area contributed by atoms with Crippen molar-refractivity contribution < 1.29 is 14.6 Å². The van der Waals surface area contributed by atoms with Crippen molar-refractivity contribution in [2.75, 3.05) is 6.61 Å². The van der Waals surface area contributed by atoms with Gasteiger partial charge in [-0.3, -0.25) is 4.98 Å². The van der Waals surface area contributed by atoms with Crippen LogP contribution in [0.2, 0.25) is 0 Å². The number of ether oxygens (including phenoxy) is 1. The van der Waals surface area contributed by atoms with Gasteiger partial charge in [0.25, 0.3) is 0 Å². The van der Waals surface area contributed by atoms with E-state index in [1.165, 1.54) is 23.3 Å². The van der Waals surface area contributed by atoms with Crippen LogP contribution in [0.15, 0.2) is 36.0 Å². The van der Waals surface area contributed by atoms with Gasteiger partial charge in [-0.1, -0.05) is 6.07 Å². The molecule has 17 heavy (non-hydrogen) atoms. The van der Waals surface area contributed by atoms with E-state index in [0.29, 0.717) is 12.4 Å². The van der Waals surface area contributed by atoms with Gasteiger partial charge in [-0.15, -0.1) is 11.3 Å². The van der Waals surface area contributed by atoms with Crippen LogP contribution in [0.4, 0.5) is 0 Å². The monoisotopic (exact) mass is 249 g/mol. The van der Waals surface area contributed by atoms with Crippen molar-refractivity contribution in [1.82, 2.24) is 4.98 Å². The summed E-state index contributed by atoms with van der Waals surface area (Å²) in [6.07, 6.45) is 3.64. The first-order chi connectivity index (χ1) is 8.27. The van der Waals surface area contributed by atoms with Crippen LogP contribution >= 0.6 is 11.3 Å². The molecule has 0 saturated carbocycles. The summed E-state index contributed by atoms with van der Waals surface area (Å²) < 4.78 is 5.44. The zero-order valence-electron chi connectivity index (χ0n) is 9.00. The normalized spacial score (nSPS) is 10.1. The second kappa shape index (κ2) is 5.45. The highest BCUT2D eigenvalue weighted by atomic mass is 32.1. The highest BCUT2D eigenvalue weighted by Crippen LogP contribution is 2.17. The third-order valence-corrected chi connectivity index (χ3v) is 3.14. The van der Waals surface area contributed by atoms with Gasteiger partial charge in [0.15, 0.2) is 5.75 Å². The Balaban J connectivity index is 1.97. The van der Waals surface area contributed by atoms with Crippen molar-refractivity contribution in [2.45, 2.75) is 6.42 Å². The van der Waals surface area contributed by atoms with Crippen LogP contribution in [-0.4, -0.2) is 22.7 Å². The second-order valence-electron chi connectivity index (χ2n) is 3.35. The number of thiophene rings is 1. The number of carbonyl (C=O) groups is 1. The molecule has 2 aromatic heterocycles. The molecule has 0 amide bonds. The van der Waals surface area contributed by atoms with Crippen molar-refractivity contribution >= 4 is 17.3 Å². The van der Waals surface area contributed by atoms with Crippen LogP contribution in [0, 0.1) is 0 Å². The van der Waals surface area contributed by atoms with E-state index in [2.05, 4.69) is 4.98 Å². The molecule has 1 N–H and O–H groups in total. The Morgan fingerprint density at radius 3 is 3.06 bits per heavy atom. The average molecular weight is 249 g/mol. The molecule has 4 nitrogen and oxygen atoms in total. The fourth-order valence-corrected chi connectivity index (χ4v) is 2.08. The number of hydrogen-bond donors (Lipinski definition) is 1. The Morgan fingerprint density at radius 2 is 2.35 bits per heavy atom. The topological polar surface area (TPSA) is 59.4 Å². The van der Waals surface area contributed by atoms with Gasteiger partial charge in [0, 0.05) is 17.5 Å². The van der Waals surface area contributed by atoms with Crippen LogP contribution in [-0.2, 0) is 6.42 Å². The molecule has 0 aliphatic carbocycles. The maximum absolute atomic E-state index is 10.9. The smallest absolute Gasteiger partial charge is 0.339 e. The highest BCUT2D eigenvalue weighted by molar-refractivity contribution is 7.09. The van der Waals surface area contributed by atoms with E-state index in [9.17, 15) is 4.79 Å². The summed E-state index contributed by atoms with van der Waals surface area (Å²) >= 11 is 1.66. The molecule has 0 aliphatic rings. The van der Waals surface area contributed by atoms with Gasteiger partial charge < -0.3 is 9.84 Å². The van der Waals surface area contributed by atoms with Gasteiger partial charge >= 0.3 is 5.97 Å². The number of carboxylic acid groups (broad SMARTS) is 1. The maximum Gasteiger partial charge on any atom is 0.339 e. The molecule has 88 valence electrons. The number of hydrogen-bond acceptors (Lipinski definition) is 4. The van der Waals surface area contributed by atoms with Crippen molar-refractivity contribution in [1.29, 1.82) is 0 Å². The number of pyridine rings is 1. The molecule has 0 saturated heterocycles. The first kappa shape index (κ1) is 11.6. The summed E-state index contributed by atoms with van der Waals surface area (Å²) in [7, 11) is 0. The fraction of sp³-hybridized carbons (Fsp3) is 0.167. The summed E-state index contributed by atoms with van der Waals surface area (Å²) in [5.74, 6) is -0.685. The summed E-state index contributed by atoms with van der Waals surface area (Å²) in [4.78, 5) is 16.0. The molecular weight excluding hydrogens is 238 g/mol. The molecule has 2 heterocycles. The molecule has 0 radical (unpaired) electrons. The van der Waals surface area contributed by atoms with Crippen molar-refractivity contribution in [3.63, 3.8) is 0 Å². The van der Waals surface area contributed by atoms with Crippen LogP contribution in [0.3, 0.4) is 0 Å². The van der Waals surface area contributed by atoms with E-state index in [1.807, 2.05) is 17.5 Å². The van der Waals surface area contributed by atoms with Crippen LogP contribution in [0.1, 0.15) is 15.2 Å². The SMILES string of the molecule is O=C(O)c1ccncc1OCCc1cccs1. The number of aromatic nitrogens is 1. The zero-order valence-corrected chi connectivity index (χ0v) is 9.81. The van der Waals surface area contributed by atoms with Crippen molar-refractivity contribution in [3.05, 3.63) is 46.4 Å². The van der Waals surface area contributed by atoms with E-state index in [4.69, 9.17) is 9.84 Å². The lowest BCUT2D eigenvalue weighted by atomic mass is 10.2. The molecule has 0 unspecified atom stereocenters. The Bertz CT molecular complexity index is 496. The number of nitrogens with zero attached hydrogens (tertiary/aromatic N) is 1. The minimum atomic E-state index is -1.00. The summed E-state index contributed by atoms with van der Waals surface area (Å²) in [5.41, 5.74) is 0.145. The molecule has 0 aliphatic heterocycles. The quantitative estimate of drug-likeness (QED) is 0.884. The van der Waals surface area contributed by atoms with E-state index in [-0.39, 0.29) is 5.56 Å². The Morgan fingerprint density at radius 1 is 1.47 bits per heavy atom. The minimum Gasteiger partial charge on any atom is -0.491 e. The number of rotatable bonds is 5.